The number of ether oxygens (including phenoxy) is 3. The molecule has 0 aromatic heterocycles. The molecule has 8 nitrogen and oxygen atoms in total. The van der Waals surface area contributed by atoms with Crippen LogP contribution in [-0.4, -0.2) is 41.7 Å². The second kappa shape index (κ2) is 10.7. The van der Waals surface area contributed by atoms with Gasteiger partial charge in [0.2, 0.25) is 0 Å². The van der Waals surface area contributed by atoms with E-state index < -0.39 is 15.9 Å². The summed E-state index contributed by atoms with van der Waals surface area (Å²) in [6, 6.07) is 21.7. The van der Waals surface area contributed by atoms with Crippen LogP contribution in [0.5, 0.6) is 17.2 Å². The van der Waals surface area contributed by atoms with Gasteiger partial charge in [-0.3, -0.25) is 9.10 Å². The van der Waals surface area contributed by atoms with Crippen LogP contribution < -0.4 is 23.8 Å². The summed E-state index contributed by atoms with van der Waals surface area (Å²) < 4.78 is 45.4. The number of nitrogens with one attached hydrogen (secondary N) is 1. The number of fused-ring (bicyclic) bond motifs is 1. The number of methoxy groups -OCH3 is 2. The summed E-state index contributed by atoms with van der Waals surface area (Å²) in [6.07, 6.45) is 0. The maximum absolute atomic E-state index is 13.8. The van der Waals surface area contributed by atoms with E-state index in [9.17, 15) is 13.2 Å². The molecule has 1 heterocycles. The Morgan fingerprint density at radius 3 is 2.17 bits per heavy atom. The van der Waals surface area contributed by atoms with Crippen LogP contribution in [0.1, 0.15) is 18.1 Å². The normalized spacial score (nSPS) is 14.1. The summed E-state index contributed by atoms with van der Waals surface area (Å²) >= 11 is 0. The Hall–Kier alpha value is -3.98. The zero-order valence-electron chi connectivity index (χ0n) is 20.4. The number of anilines is 1. The summed E-state index contributed by atoms with van der Waals surface area (Å²) in [7, 11) is -1.20. The van der Waals surface area contributed by atoms with Crippen LogP contribution in [0, 0.1) is 0 Å². The van der Waals surface area contributed by atoms with E-state index in [1.54, 1.807) is 31.2 Å². The van der Waals surface area contributed by atoms with Crippen molar-refractivity contribution in [1.29, 1.82) is 0 Å². The predicted octanol–water partition coefficient (Wildman–Crippen LogP) is 3.98. The number of hydrogen-bond acceptors (Lipinski definition) is 6. The third kappa shape index (κ3) is 5.01. The van der Waals surface area contributed by atoms with E-state index in [4.69, 9.17) is 14.2 Å². The van der Waals surface area contributed by atoms with Gasteiger partial charge in [-0.25, -0.2) is 8.42 Å². The van der Waals surface area contributed by atoms with Crippen LogP contribution in [-0.2, 0) is 21.4 Å². The quantitative estimate of drug-likeness (QED) is 0.440. The molecule has 0 radical (unpaired) electrons. The first-order valence-corrected chi connectivity index (χ1v) is 12.8. The summed E-state index contributed by atoms with van der Waals surface area (Å²) in [5.41, 5.74) is 2.09. The van der Waals surface area contributed by atoms with Gasteiger partial charge >= 0.3 is 0 Å². The van der Waals surface area contributed by atoms with Crippen molar-refractivity contribution in [2.24, 2.45) is 0 Å². The van der Waals surface area contributed by atoms with E-state index in [2.05, 4.69) is 5.32 Å². The Bertz CT molecular complexity index is 1370. The number of rotatable bonds is 9. The second-order valence-electron chi connectivity index (χ2n) is 8.09. The minimum atomic E-state index is -4.19. The molecule has 3 aromatic carbocycles. The molecule has 1 amide bonds. The lowest BCUT2D eigenvalue weighted by Gasteiger charge is -2.33. The molecule has 36 heavy (non-hydrogen) atoms. The number of hydrogen-bond donors (Lipinski definition) is 1. The summed E-state index contributed by atoms with van der Waals surface area (Å²) in [5, 5.41) is 2.69. The lowest BCUT2D eigenvalue weighted by Crippen LogP contribution is -2.41. The Labute approximate surface area is 211 Å². The minimum Gasteiger partial charge on any atom is -0.493 e. The molecule has 9 heteroatoms. The number of para-hydroxylation sites is 1. The molecular weight excluding hydrogens is 480 g/mol. The predicted molar refractivity (Wildman–Crippen MR) is 139 cm³/mol. The van der Waals surface area contributed by atoms with Gasteiger partial charge in [-0.1, -0.05) is 48.5 Å². The summed E-state index contributed by atoms with van der Waals surface area (Å²) in [4.78, 5) is 12.9. The van der Waals surface area contributed by atoms with E-state index in [0.717, 1.165) is 5.56 Å². The highest BCUT2D eigenvalue weighted by atomic mass is 32.2. The van der Waals surface area contributed by atoms with Crippen molar-refractivity contribution in [1.82, 2.24) is 5.32 Å². The fourth-order valence-corrected chi connectivity index (χ4v) is 5.82. The molecule has 0 fully saturated rings. The van der Waals surface area contributed by atoms with Gasteiger partial charge in [-0.2, -0.15) is 0 Å². The van der Waals surface area contributed by atoms with Crippen LogP contribution in [0.2, 0.25) is 0 Å². The third-order valence-electron chi connectivity index (χ3n) is 5.84. The first-order chi connectivity index (χ1) is 17.4. The molecule has 0 atom stereocenters. The molecule has 3 aromatic rings. The van der Waals surface area contributed by atoms with Gasteiger partial charge in [0.05, 0.1) is 33.0 Å². The topological polar surface area (TPSA) is 94.2 Å². The number of carbonyl (C=O) groups excluding carboxylic acids is 1. The van der Waals surface area contributed by atoms with E-state index in [0.29, 0.717) is 34.1 Å². The third-order valence-corrected chi connectivity index (χ3v) is 7.75. The summed E-state index contributed by atoms with van der Waals surface area (Å²) in [6.45, 7) is 2.00. The van der Waals surface area contributed by atoms with Crippen molar-refractivity contribution >= 4 is 27.2 Å². The number of allylic oxidation sites excluding steroid dienone is 1. The molecule has 4 rings (SSSR count). The van der Waals surface area contributed by atoms with Gasteiger partial charge in [0.25, 0.3) is 15.9 Å². The van der Waals surface area contributed by atoms with Gasteiger partial charge in [-0.05, 0) is 36.3 Å². The van der Waals surface area contributed by atoms with Crippen molar-refractivity contribution in [3.05, 3.63) is 88.8 Å². The molecule has 0 saturated heterocycles. The van der Waals surface area contributed by atoms with E-state index in [-0.39, 0.29) is 24.6 Å². The smallest absolute Gasteiger partial charge is 0.270 e. The molecular formula is C27H28N2O6S. The SMILES string of the molecule is COc1cc2c(cc1OC)N(Cc1ccccc1)S(=O)(=O)C(C(=O)NCCOc1ccccc1)=C2C. The average Bonchev–Trinajstić information content (AvgIpc) is 2.89. The van der Waals surface area contributed by atoms with Crippen LogP contribution in [0.15, 0.2) is 77.7 Å². The van der Waals surface area contributed by atoms with Crippen molar-refractivity contribution in [2.75, 3.05) is 31.7 Å². The average molecular weight is 509 g/mol. The second-order valence-corrected chi connectivity index (χ2v) is 9.89. The number of nitrogens with zero attached hydrogens (tertiary/aromatic N) is 1. The highest BCUT2D eigenvalue weighted by molar-refractivity contribution is 7.97. The number of sulfonamides is 1. The molecule has 0 spiro atoms. The van der Waals surface area contributed by atoms with Crippen molar-refractivity contribution in [2.45, 2.75) is 13.5 Å². The Kier molecular flexibility index (Phi) is 7.49. The summed E-state index contributed by atoms with van der Waals surface area (Å²) in [5.74, 6) is 0.799. The highest BCUT2D eigenvalue weighted by Crippen LogP contribution is 2.45. The minimum absolute atomic E-state index is 0.0484. The van der Waals surface area contributed by atoms with Gasteiger partial charge in [0.15, 0.2) is 16.4 Å². The highest BCUT2D eigenvalue weighted by Gasteiger charge is 2.40. The maximum atomic E-state index is 13.8. The molecule has 188 valence electrons. The number of benzene rings is 3. The fraction of sp³-hybridized carbons (Fsp3) is 0.222. The van der Waals surface area contributed by atoms with E-state index >= 15 is 0 Å². The monoisotopic (exact) mass is 508 g/mol. The van der Waals surface area contributed by atoms with Gasteiger partial charge in [0.1, 0.15) is 12.4 Å². The zero-order valence-corrected chi connectivity index (χ0v) is 21.2. The van der Waals surface area contributed by atoms with Gasteiger partial charge in [-0.15, -0.1) is 0 Å². The zero-order chi connectivity index (χ0) is 25.7. The fourth-order valence-electron chi connectivity index (χ4n) is 4.07. The standard InChI is InChI=1S/C27H28N2O6S/c1-19-22-16-24(33-2)25(34-3)17-23(22)29(18-20-10-6-4-7-11-20)36(31,32)26(19)27(30)28-14-15-35-21-12-8-5-9-13-21/h4-13,16-17H,14-15,18H2,1-3H3,(H,28,30). The molecule has 0 aliphatic carbocycles. The van der Waals surface area contributed by atoms with E-state index in [1.165, 1.54) is 18.5 Å². The molecule has 0 bridgehead atoms. The molecule has 1 N–H and O–H groups in total. The van der Waals surface area contributed by atoms with Crippen LogP contribution in [0.3, 0.4) is 0 Å². The molecule has 1 aliphatic heterocycles. The Morgan fingerprint density at radius 1 is 0.917 bits per heavy atom. The number of carbonyl (C=O) groups is 1. The van der Waals surface area contributed by atoms with E-state index in [1.807, 2.05) is 48.5 Å². The first kappa shape index (κ1) is 25.1. The van der Waals surface area contributed by atoms with Crippen LogP contribution in [0.4, 0.5) is 5.69 Å². The number of amides is 1. The lowest BCUT2D eigenvalue weighted by molar-refractivity contribution is -0.116. The first-order valence-electron chi connectivity index (χ1n) is 11.4. The molecule has 0 saturated carbocycles. The Balaban J connectivity index is 1.69. The maximum Gasteiger partial charge on any atom is 0.270 e. The van der Waals surface area contributed by atoms with Crippen molar-refractivity contribution < 1.29 is 27.4 Å². The lowest BCUT2D eigenvalue weighted by atomic mass is 10.0. The van der Waals surface area contributed by atoms with Crippen LogP contribution in [0.25, 0.3) is 5.57 Å². The van der Waals surface area contributed by atoms with Crippen molar-refractivity contribution in [3.8, 4) is 17.2 Å². The molecule has 0 unspecified atom stereocenters. The Morgan fingerprint density at radius 2 is 1.53 bits per heavy atom. The van der Waals surface area contributed by atoms with Crippen LogP contribution >= 0.6 is 0 Å². The van der Waals surface area contributed by atoms with Gasteiger partial charge < -0.3 is 19.5 Å². The van der Waals surface area contributed by atoms with Crippen molar-refractivity contribution in [3.63, 3.8) is 0 Å². The molecule has 1 aliphatic rings. The van der Waals surface area contributed by atoms with Gasteiger partial charge in [0, 0.05) is 11.6 Å². The largest absolute Gasteiger partial charge is 0.493 e.